The van der Waals surface area contributed by atoms with Gasteiger partial charge in [-0.1, -0.05) is 36.7 Å². The monoisotopic (exact) mass is 353 g/mol. The number of ether oxygens (including phenoxy) is 1. The first kappa shape index (κ1) is 16.8. The zero-order valence-electron chi connectivity index (χ0n) is 13.8. The lowest BCUT2D eigenvalue weighted by Crippen LogP contribution is -2.26. The Labute approximate surface area is 138 Å². The molecule has 0 radical (unpaired) electrons. The highest BCUT2D eigenvalue weighted by molar-refractivity contribution is 9.10. The van der Waals surface area contributed by atoms with Crippen molar-refractivity contribution < 1.29 is 4.74 Å². The fourth-order valence-corrected chi connectivity index (χ4v) is 3.70. The van der Waals surface area contributed by atoms with E-state index in [2.05, 4.69) is 53.7 Å². The van der Waals surface area contributed by atoms with Crippen molar-refractivity contribution in [3.63, 3.8) is 0 Å². The fourth-order valence-electron chi connectivity index (χ4n) is 3.29. The summed E-state index contributed by atoms with van der Waals surface area (Å²) < 4.78 is 6.63. The number of hydrogen-bond donors (Lipinski definition) is 0. The predicted molar refractivity (Wildman–Crippen MR) is 92.8 cm³/mol. The molecule has 118 valence electrons. The predicted octanol–water partition coefficient (Wildman–Crippen LogP) is 5.11. The summed E-state index contributed by atoms with van der Waals surface area (Å²) in [5, 5.41) is 0. The number of hydrogen-bond acceptors (Lipinski definition) is 2. The lowest BCUT2D eigenvalue weighted by Gasteiger charge is -2.29. The minimum Gasteiger partial charge on any atom is -0.496 e. The van der Waals surface area contributed by atoms with Crippen LogP contribution in [0.5, 0.6) is 5.75 Å². The Morgan fingerprint density at radius 2 is 2.00 bits per heavy atom. The molecule has 0 N–H and O–H groups in total. The molecule has 1 aliphatic heterocycles. The molecule has 1 unspecified atom stereocenters. The summed E-state index contributed by atoms with van der Waals surface area (Å²) in [6.45, 7) is 10.5. The zero-order chi connectivity index (χ0) is 15.5. The molecule has 1 heterocycles. The van der Waals surface area contributed by atoms with Crippen LogP contribution in [-0.2, 0) is 6.54 Å². The van der Waals surface area contributed by atoms with Gasteiger partial charge in [0.2, 0.25) is 0 Å². The molecule has 1 aliphatic rings. The Hall–Kier alpha value is -0.540. The molecule has 1 aromatic rings. The Morgan fingerprint density at radius 3 is 2.67 bits per heavy atom. The molecule has 0 spiro atoms. The van der Waals surface area contributed by atoms with E-state index >= 15 is 0 Å². The van der Waals surface area contributed by atoms with Crippen molar-refractivity contribution in [2.75, 3.05) is 20.2 Å². The van der Waals surface area contributed by atoms with Gasteiger partial charge in [0, 0.05) is 16.6 Å². The molecule has 0 aromatic heterocycles. The molecular formula is C18H28BrNO. The van der Waals surface area contributed by atoms with Crippen molar-refractivity contribution >= 4 is 15.9 Å². The maximum Gasteiger partial charge on any atom is 0.123 e. The maximum absolute atomic E-state index is 5.50. The quantitative estimate of drug-likeness (QED) is 0.748. The van der Waals surface area contributed by atoms with E-state index < -0.39 is 0 Å². The van der Waals surface area contributed by atoms with E-state index in [-0.39, 0.29) is 0 Å². The molecule has 0 amide bonds. The van der Waals surface area contributed by atoms with E-state index in [1.807, 2.05) is 6.07 Å². The highest BCUT2D eigenvalue weighted by Gasteiger charge is 2.27. The van der Waals surface area contributed by atoms with Gasteiger partial charge >= 0.3 is 0 Å². The van der Waals surface area contributed by atoms with E-state index in [1.54, 1.807) is 7.11 Å². The van der Waals surface area contributed by atoms with Crippen LogP contribution in [0.25, 0.3) is 0 Å². The fraction of sp³-hybridized carbons (Fsp3) is 0.667. The second-order valence-corrected chi connectivity index (χ2v) is 8.14. The van der Waals surface area contributed by atoms with Crippen molar-refractivity contribution in [2.24, 2.45) is 11.3 Å². The van der Waals surface area contributed by atoms with Crippen LogP contribution >= 0.6 is 15.9 Å². The maximum atomic E-state index is 5.50. The van der Waals surface area contributed by atoms with Gasteiger partial charge in [-0.2, -0.15) is 0 Å². The SMILES string of the molecule is COc1ccc(Br)cc1CN1CCCC(C(C)(C)C)CC1. The van der Waals surface area contributed by atoms with Crippen LogP contribution in [0.15, 0.2) is 22.7 Å². The third-order valence-electron chi connectivity index (χ3n) is 4.68. The second kappa shape index (κ2) is 7.15. The van der Waals surface area contributed by atoms with Gasteiger partial charge in [-0.3, -0.25) is 4.90 Å². The van der Waals surface area contributed by atoms with Crippen molar-refractivity contribution in [2.45, 2.75) is 46.6 Å². The third kappa shape index (κ3) is 4.72. The van der Waals surface area contributed by atoms with E-state index in [9.17, 15) is 0 Å². The Balaban J connectivity index is 2.02. The summed E-state index contributed by atoms with van der Waals surface area (Å²) in [6.07, 6.45) is 3.97. The van der Waals surface area contributed by atoms with Gasteiger partial charge < -0.3 is 4.74 Å². The van der Waals surface area contributed by atoms with Crippen LogP contribution < -0.4 is 4.74 Å². The minimum atomic E-state index is 0.434. The van der Waals surface area contributed by atoms with Gasteiger partial charge in [-0.05, 0) is 61.9 Å². The van der Waals surface area contributed by atoms with Crippen molar-refractivity contribution in [1.82, 2.24) is 4.90 Å². The summed E-state index contributed by atoms with van der Waals surface area (Å²) in [5.74, 6) is 1.83. The third-order valence-corrected chi connectivity index (χ3v) is 5.18. The summed E-state index contributed by atoms with van der Waals surface area (Å²) in [7, 11) is 1.75. The summed E-state index contributed by atoms with van der Waals surface area (Å²) in [4.78, 5) is 2.58. The highest BCUT2D eigenvalue weighted by atomic mass is 79.9. The molecule has 1 atom stereocenters. The molecule has 0 bridgehead atoms. The molecule has 3 heteroatoms. The standard InChI is InChI=1S/C18H28BrNO/c1-18(2,3)15-6-5-10-20(11-9-15)13-14-12-16(19)7-8-17(14)21-4/h7-8,12,15H,5-6,9-11,13H2,1-4H3. The largest absolute Gasteiger partial charge is 0.496 e. The molecule has 1 fully saturated rings. The number of methoxy groups -OCH3 is 1. The van der Waals surface area contributed by atoms with Gasteiger partial charge in [0.15, 0.2) is 0 Å². The first-order valence-electron chi connectivity index (χ1n) is 7.95. The van der Waals surface area contributed by atoms with Crippen LogP contribution in [0, 0.1) is 11.3 Å². The van der Waals surface area contributed by atoms with Gasteiger partial charge in [0.1, 0.15) is 5.75 Å². The van der Waals surface area contributed by atoms with Gasteiger partial charge in [-0.25, -0.2) is 0 Å². The van der Waals surface area contributed by atoms with Crippen LogP contribution in [0.3, 0.4) is 0 Å². The molecule has 0 aliphatic carbocycles. The van der Waals surface area contributed by atoms with Crippen LogP contribution in [0.2, 0.25) is 0 Å². The van der Waals surface area contributed by atoms with Gasteiger partial charge in [0.05, 0.1) is 7.11 Å². The van der Waals surface area contributed by atoms with Gasteiger partial charge in [-0.15, -0.1) is 0 Å². The summed E-state index contributed by atoms with van der Waals surface area (Å²) in [5.41, 5.74) is 1.71. The van der Waals surface area contributed by atoms with E-state index in [1.165, 1.54) is 37.9 Å². The molecule has 0 saturated carbocycles. The first-order chi connectivity index (χ1) is 9.90. The van der Waals surface area contributed by atoms with Crippen LogP contribution in [0.1, 0.15) is 45.6 Å². The average Bonchev–Trinajstić information content (AvgIpc) is 2.64. The molecular weight excluding hydrogens is 326 g/mol. The second-order valence-electron chi connectivity index (χ2n) is 7.23. The number of likely N-dealkylation sites (tertiary alicyclic amines) is 1. The van der Waals surface area contributed by atoms with Crippen LogP contribution in [-0.4, -0.2) is 25.1 Å². The Kier molecular flexibility index (Phi) is 5.73. The Morgan fingerprint density at radius 1 is 1.24 bits per heavy atom. The smallest absolute Gasteiger partial charge is 0.123 e. The van der Waals surface area contributed by atoms with E-state index in [4.69, 9.17) is 4.74 Å². The zero-order valence-corrected chi connectivity index (χ0v) is 15.4. The topological polar surface area (TPSA) is 12.5 Å². The van der Waals surface area contributed by atoms with E-state index in [0.29, 0.717) is 5.41 Å². The Bertz CT molecular complexity index is 467. The molecule has 2 nitrogen and oxygen atoms in total. The molecule has 1 saturated heterocycles. The number of rotatable bonds is 3. The van der Waals surface area contributed by atoms with Crippen molar-refractivity contribution in [1.29, 1.82) is 0 Å². The average molecular weight is 354 g/mol. The highest BCUT2D eigenvalue weighted by Crippen LogP contribution is 2.35. The lowest BCUT2D eigenvalue weighted by molar-refractivity contribution is 0.206. The van der Waals surface area contributed by atoms with Crippen molar-refractivity contribution in [3.8, 4) is 5.75 Å². The summed E-state index contributed by atoms with van der Waals surface area (Å²) >= 11 is 3.57. The van der Waals surface area contributed by atoms with Gasteiger partial charge in [0.25, 0.3) is 0 Å². The number of benzene rings is 1. The number of nitrogens with zero attached hydrogens (tertiary/aromatic N) is 1. The van der Waals surface area contributed by atoms with Crippen LogP contribution in [0.4, 0.5) is 0 Å². The molecule has 1 aromatic carbocycles. The first-order valence-corrected chi connectivity index (χ1v) is 8.74. The summed E-state index contributed by atoms with van der Waals surface area (Å²) in [6, 6.07) is 6.28. The normalized spacial score (nSPS) is 21.1. The lowest BCUT2D eigenvalue weighted by atomic mass is 9.77. The van der Waals surface area contributed by atoms with E-state index in [0.717, 1.165) is 22.7 Å². The number of halogens is 1. The molecule has 2 rings (SSSR count). The van der Waals surface area contributed by atoms with Crippen molar-refractivity contribution in [3.05, 3.63) is 28.2 Å². The molecule has 21 heavy (non-hydrogen) atoms. The minimum absolute atomic E-state index is 0.434.